The molecule has 1 aliphatic rings. The van der Waals surface area contributed by atoms with Gasteiger partial charge in [-0.05, 0) is 25.2 Å². The number of carboxylic acid groups (broad SMARTS) is 1. The maximum atomic E-state index is 12.2. The first-order valence-corrected chi connectivity index (χ1v) is 7.02. The summed E-state index contributed by atoms with van der Waals surface area (Å²) in [6, 6.07) is 0. The van der Waals surface area contributed by atoms with E-state index in [1.54, 1.807) is 6.20 Å². The maximum absolute atomic E-state index is 12.2. The van der Waals surface area contributed by atoms with Crippen molar-refractivity contribution in [2.45, 2.75) is 51.9 Å². The zero-order valence-corrected chi connectivity index (χ0v) is 11.7. The number of carbonyl (C=O) groups is 2. The van der Waals surface area contributed by atoms with Crippen LogP contribution in [0.25, 0.3) is 0 Å². The van der Waals surface area contributed by atoms with Crippen molar-refractivity contribution >= 4 is 17.7 Å². The van der Waals surface area contributed by atoms with E-state index in [0.29, 0.717) is 5.82 Å². The number of hydrogen-bond acceptors (Lipinski definition) is 3. The number of nitrogens with one attached hydrogen (secondary N) is 2. The van der Waals surface area contributed by atoms with Gasteiger partial charge < -0.3 is 10.4 Å². The molecule has 0 aliphatic heterocycles. The van der Waals surface area contributed by atoms with Gasteiger partial charge in [0.1, 0.15) is 5.82 Å². The average molecular weight is 279 g/mol. The number of amides is 1. The summed E-state index contributed by atoms with van der Waals surface area (Å²) in [7, 11) is 0. The number of aromatic nitrogens is 2. The lowest BCUT2D eigenvalue weighted by molar-refractivity contribution is -0.140. The van der Waals surface area contributed by atoms with Crippen molar-refractivity contribution in [1.82, 2.24) is 10.2 Å². The Morgan fingerprint density at radius 1 is 1.35 bits per heavy atom. The Morgan fingerprint density at radius 2 is 2.05 bits per heavy atom. The molecule has 1 aliphatic carbocycles. The zero-order chi connectivity index (χ0) is 14.6. The summed E-state index contributed by atoms with van der Waals surface area (Å²) >= 11 is 0. The molecule has 110 valence electrons. The SMILES string of the molecule is Cc1cn[nH]c1NC(=O)CC1(CC(=O)O)CCCCC1. The molecule has 0 unspecified atom stereocenters. The number of H-pyrrole nitrogens is 1. The Balaban J connectivity index is 2.01. The fourth-order valence-corrected chi connectivity index (χ4v) is 3.04. The Hall–Kier alpha value is -1.85. The standard InChI is InChI=1S/C14H21N3O3/c1-10-9-15-17-13(10)16-11(18)7-14(8-12(19)20)5-3-2-4-6-14/h9H,2-8H2,1H3,(H,19,20)(H2,15,16,17,18). The lowest BCUT2D eigenvalue weighted by Crippen LogP contribution is -2.32. The lowest BCUT2D eigenvalue weighted by atomic mass is 9.69. The fourth-order valence-electron chi connectivity index (χ4n) is 3.04. The molecule has 6 nitrogen and oxygen atoms in total. The molecule has 1 heterocycles. The summed E-state index contributed by atoms with van der Waals surface area (Å²) in [5.74, 6) is -0.366. The number of rotatable bonds is 5. The zero-order valence-electron chi connectivity index (χ0n) is 11.7. The van der Waals surface area contributed by atoms with E-state index < -0.39 is 5.97 Å². The molecule has 0 spiro atoms. The first-order chi connectivity index (χ1) is 9.51. The van der Waals surface area contributed by atoms with E-state index in [9.17, 15) is 9.59 Å². The number of aromatic amines is 1. The van der Waals surface area contributed by atoms with Crippen LogP contribution in [0.5, 0.6) is 0 Å². The third kappa shape index (κ3) is 3.59. The molecule has 0 radical (unpaired) electrons. The Morgan fingerprint density at radius 3 is 2.60 bits per heavy atom. The molecule has 0 atom stereocenters. The summed E-state index contributed by atoms with van der Waals surface area (Å²) in [6.45, 7) is 1.85. The van der Waals surface area contributed by atoms with Gasteiger partial charge in [0.2, 0.25) is 5.91 Å². The third-order valence-corrected chi connectivity index (χ3v) is 4.07. The Bertz CT molecular complexity index is 490. The lowest BCUT2D eigenvalue weighted by Gasteiger charge is -2.35. The van der Waals surface area contributed by atoms with Crippen molar-refractivity contribution in [2.24, 2.45) is 5.41 Å². The monoisotopic (exact) mass is 279 g/mol. The van der Waals surface area contributed by atoms with Gasteiger partial charge in [0, 0.05) is 12.0 Å². The van der Waals surface area contributed by atoms with E-state index in [0.717, 1.165) is 37.7 Å². The molecule has 1 aromatic heterocycles. The number of nitrogens with zero attached hydrogens (tertiary/aromatic N) is 1. The highest BCUT2D eigenvalue weighted by Crippen LogP contribution is 2.42. The van der Waals surface area contributed by atoms with Gasteiger partial charge in [-0.2, -0.15) is 5.10 Å². The highest BCUT2D eigenvalue weighted by molar-refractivity contribution is 5.91. The van der Waals surface area contributed by atoms with Crippen molar-refractivity contribution in [3.8, 4) is 0 Å². The largest absolute Gasteiger partial charge is 0.481 e. The van der Waals surface area contributed by atoms with E-state index in [1.807, 2.05) is 6.92 Å². The van der Waals surface area contributed by atoms with Crippen molar-refractivity contribution in [3.05, 3.63) is 11.8 Å². The van der Waals surface area contributed by atoms with Crippen molar-refractivity contribution < 1.29 is 14.7 Å². The molecule has 0 bridgehead atoms. The predicted octanol–water partition coefficient (Wildman–Crippen LogP) is 2.47. The van der Waals surface area contributed by atoms with Gasteiger partial charge in [-0.1, -0.05) is 19.3 Å². The Kier molecular flexibility index (Phi) is 4.42. The minimum atomic E-state index is -0.822. The topological polar surface area (TPSA) is 95.1 Å². The highest BCUT2D eigenvalue weighted by Gasteiger charge is 2.36. The van der Waals surface area contributed by atoms with Gasteiger partial charge in [-0.15, -0.1) is 0 Å². The summed E-state index contributed by atoms with van der Waals surface area (Å²) in [5.41, 5.74) is 0.483. The predicted molar refractivity (Wildman–Crippen MR) is 74.3 cm³/mol. The molecular weight excluding hydrogens is 258 g/mol. The first-order valence-electron chi connectivity index (χ1n) is 7.02. The van der Waals surface area contributed by atoms with Crippen LogP contribution >= 0.6 is 0 Å². The van der Waals surface area contributed by atoms with E-state index in [2.05, 4.69) is 15.5 Å². The van der Waals surface area contributed by atoms with Crippen molar-refractivity contribution in [2.75, 3.05) is 5.32 Å². The maximum Gasteiger partial charge on any atom is 0.303 e. The van der Waals surface area contributed by atoms with Crippen LogP contribution in [0.3, 0.4) is 0 Å². The summed E-state index contributed by atoms with van der Waals surface area (Å²) in [4.78, 5) is 23.2. The molecule has 1 saturated carbocycles. The van der Waals surface area contributed by atoms with Crippen LogP contribution in [0, 0.1) is 12.3 Å². The smallest absolute Gasteiger partial charge is 0.303 e. The van der Waals surface area contributed by atoms with Crippen molar-refractivity contribution in [3.63, 3.8) is 0 Å². The van der Waals surface area contributed by atoms with Crippen LogP contribution in [0.4, 0.5) is 5.82 Å². The van der Waals surface area contributed by atoms with Gasteiger partial charge in [0.05, 0.1) is 12.6 Å². The number of aliphatic carboxylic acids is 1. The molecule has 0 aromatic carbocycles. The second-order valence-corrected chi connectivity index (χ2v) is 5.78. The van der Waals surface area contributed by atoms with Crippen LogP contribution in [0.15, 0.2) is 6.20 Å². The van der Waals surface area contributed by atoms with Crippen molar-refractivity contribution in [1.29, 1.82) is 0 Å². The second kappa shape index (κ2) is 6.07. The van der Waals surface area contributed by atoms with Crippen LogP contribution in [-0.4, -0.2) is 27.2 Å². The van der Waals surface area contributed by atoms with Crippen LogP contribution in [0.1, 0.15) is 50.5 Å². The summed E-state index contributed by atoms with van der Waals surface area (Å²) in [6.07, 6.45) is 6.74. The molecule has 0 saturated heterocycles. The summed E-state index contributed by atoms with van der Waals surface area (Å²) in [5, 5.41) is 18.5. The number of aryl methyl sites for hydroxylation is 1. The number of anilines is 1. The molecule has 3 N–H and O–H groups in total. The van der Waals surface area contributed by atoms with E-state index in [4.69, 9.17) is 5.11 Å². The molecule has 1 fully saturated rings. The minimum absolute atomic E-state index is 0.0718. The Labute approximate surface area is 118 Å². The van der Waals surface area contributed by atoms with Crippen LogP contribution in [-0.2, 0) is 9.59 Å². The second-order valence-electron chi connectivity index (χ2n) is 5.78. The highest BCUT2D eigenvalue weighted by atomic mass is 16.4. The molecule has 20 heavy (non-hydrogen) atoms. The van der Waals surface area contributed by atoms with Crippen LogP contribution in [0.2, 0.25) is 0 Å². The van der Waals surface area contributed by atoms with E-state index in [-0.39, 0.29) is 24.2 Å². The summed E-state index contributed by atoms with van der Waals surface area (Å²) < 4.78 is 0. The van der Waals surface area contributed by atoms with Gasteiger partial charge in [-0.25, -0.2) is 0 Å². The molecule has 1 amide bonds. The number of hydrogen-bond donors (Lipinski definition) is 3. The quantitative estimate of drug-likeness (QED) is 0.771. The minimum Gasteiger partial charge on any atom is -0.481 e. The molecule has 6 heteroatoms. The van der Waals surface area contributed by atoms with Gasteiger partial charge in [-0.3, -0.25) is 14.7 Å². The molecular formula is C14H21N3O3. The normalized spacial score (nSPS) is 17.6. The number of carboxylic acids is 1. The van der Waals surface area contributed by atoms with Gasteiger partial charge in [0.25, 0.3) is 0 Å². The average Bonchev–Trinajstić information content (AvgIpc) is 2.74. The molecule has 1 aromatic rings. The van der Waals surface area contributed by atoms with E-state index in [1.165, 1.54) is 0 Å². The van der Waals surface area contributed by atoms with Crippen LogP contribution < -0.4 is 5.32 Å². The fraction of sp³-hybridized carbons (Fsp3) is 0.643. The number of carbonyl (C=O) groups excluding carboxylic acids is 1. The van der Waals surface area contributed by atoms with Gasteiger partial charge in [0.15, 0.2) is 0 Å². The first kappa shape index (κ1) is 14.6. The van der Waals surface area contributed by atoms with Gasteiger partial charge >= 0.3 is 5.97 Å². The molecule has 2 rings (SSSR count). The van der Waals surface area contributed by atoms with E-state index >= 15 is 0 Å². The third-order valence-electron chi connectivity index (χ3n) is 4.07.